The fourth-order valence-electron chi connectivity index (χ4n) is 5.61. The molecule has 0 fully saturated rings. The van der Waals surface area contributed by atoms with Gasteiger partial charge in [0.25, 0.3) is 11.8 Å². The first-order chi connectivity index (χ1) is 21.6. The molecule has 9 nitrogen and oxygen atoms in total. The summed E-state index contributed by atoms with van der Waals surface area (Å²) in [5, 5.41) is 29.5. The fourth-order valence-corrected chi connectivity index (χ4v) is 5.61. The zero-order valence-corrected chi connectivity index (χ0v) is 23.9. The lowest BCUT2D eigenvalue weighted by atomic mass is 9.79. The van der Waals surface area contributed by atoms with E-state index in [0.717, 1.165) is 12.1 Å². The van der Waals surface area contributed by atoms with E-state index >= 15 is 0 Å². The monoisotopic (exact) mass is 620 g/mol. The van der Waals surface area contributed by atoms with Crippen LogP contribution in [0.15, 0.2) is 78.9 Å². The van der Waals surface area contributed by atoms with E-state index in [-0.39, 0.29) is 25.1 Å². The number of para-hydroxylation sites is 1. The van der Waals surface area contributed by atoms with Crippen molar-refractivity contribution in [1.29, 1.82) is 5.26 Å². The van der Waals surface area contributed by atoms with Gasteiger partial charge in [-0.3, -0.25) is 14.5 Å². The number of benzene rings is 3. The van der Waals surface area contributed by atoms with Crippen LogP contribution in [-0.2, 0) is 11.0 Å². The molecule has 3 atom stereocenters. The summed E-state index contributed by atoms with van der Waals surface area (Å²) in [7, 11) is 0. The van der Waals surface area contributed by atoms with E-state index in [0.29, 0.717) is 34.4 Å². The number of hydrogen-bond acceptors (Lipinski definition) is 6. The van der Waals surface area contributed by atoms with E-state index in [4.69, 9.17) is 5.10 Å². The average molecular weight is 621 g/mol. The third kappa shape index (κ3) is 6.09. The third-order valence-corrected chi connectivity index (χ3v) is 7.63. The highest BCUT2D eigenvalue weighted by molar-refractivity contribution is 6.05. The van der Waals surface area contributed by atoms with Crippen molar-refractivity contribution in [3.8, 4) is 11.9 Å². The summed E-state index contributed by atoms with van der Waals surface area (Å²) in [5.41, 5.74) is 0.359. The number of nitriles is 1. The topological polar surface area (TPSA) is 123 Å². The number of halogens is 4. The Morgan fingerprint density at radius 2 is 1.80 bits per heavy atom. The van der Waals surface area contributed by atoms with Crippen molar-refractivity contribution >= 4 is 17.6 Å². The number of carbonyl (C=O) groups excluding carboxylic acids is 2. The minimum atomic E-state index is -4.70. The number of nitrogens with one attached hydrogen (secondary N) is 2. The average Bonchev–Trinajstić information content (AvgIpc) is 3.42. The quantitative estimate of drug-likeness (QED) is 0.140. The van der Waals surface area contributed by atoms with Crippen LogP contribution in [0.5, 0.6) is 0 Å². The molecule has 5 rings (SSSR count). The van der Waals surface area contributed by atoms with Gasteiger partial charge in [0.2, 0.25) is 0 Å². The van der Waals surface area contributed by atoms with Gasteiger partial charge in [0.1, 0.15) is 17.7 Å². The summed E-state index contributed by atoms with van der Waals surface area (Å²) in [6.45, 7) is 1.51. The van der Waals surface area contributed by atoms with Crippen LogP contribution < -0.4 is 15.5 Å². The molecule has 0 bridgehead atoms. The normalized spacial score (nSPS) is 16.9. The summed E-state index contributed by atoms with van der Waals surface area (Å²) in [5.74, 6) is -2.73. The van der Waals surface area contributed by atoms with Gasteiger partial charge in [-0.15, -0.1) is 0 Å². The number of anilines is 1. The van der Waals surface area contributed by atoms with Crippen LogP contribution >= 0.6 is 0 Å². The Morgan fingerprint density at radius 1 is 1.09 bits per heavy atom. The van der Waals surface area contributed by atoms with Crippen LogP contribution in [0.4, 0.5) is 23.4 Å². The van der Waals surface area contributed by atoms with Crippen molar-refractivity contribution in [1.82, 2.24) is 20.4 Å². The van der Waals surface area contributed by atoms with Crippen LogP contribution in [0.2, 0.25) is 0 Å². The lowest BCUT2D eigenvalue weighted by Gasteiger charge is -2.39. The molecule has 1 aliphatic rings. The Balaban J connectivity index is 1.75. The third-order valence-electron chi connectivity index (χ3n) is 7.63. The van der Waals surface area contributed by atoms with Crippen molar-refractivity contribution in [3.63, 3.8) is 0 Å². The first-order valence-electron chi connectivity index (χ1n) is 14.1. The Hall–Kier alpha value is -5.22. The second kappa shape index (κ2) is 12.8. The molecule has 232 valence electrons. The Kier molecular flexibility index (Phi) is 8.87. The molecule has 0 spiro atoms. The molecule has 45 heavy (non-hydrogen) atoms. The van der Waals surface area contributed by atoms with Crippen LogP contribution in [-0.4, -0.2) is 45.9 Å². The highest BCUT2D eigenvalue weighted by Gasteiger charge is 2.47. The Bertz CT molecular complexity index is 1730. The predicted octanol–water partition coefficient (Wildman–Crippen LogP) is 4.82. The molecule has 0 saturated carbocycles. The lowest BCUT2D eigenvalue weighted by Crippen LogP contribution is -2.55. The van der Waals surface area contributed by atoms with E-state index in [1.54, 1.807) is 37.3 Å². The number of likely N-dealkylation sites (N-methyl/N-ethyl adjacent to an activating group) is 1. The summed E-state index contributed by atoms with van der Waals surface area (Å²) < 4.78 is 56.0. The second-order valence-corrected chi connectivity index (χ2v) is 10.3. The number of aromatic nitrogens is 2. The molecular weight excluding hydrogens is 592 g/mol. The number of carbonyl (C=O) groups is 2. The van der Waals surface area contributed by atoms with Gasteiger partial charge in [0.05, 0.1) is 23.0 Å². The summed E-state index contributed by atoms with van der Waals surface area (Å²) >= 11 is 0. The number of amides is 2. The van der Waals surface area contributed by atoms with Gasteiger partial charge in [-0.25, -0.2) is 9.07 Å². The molecule has 3 N–H and O–H groups in total. The minimum absolute atomic E-state index is 0.0588. The van der Waals surface area contributed by atoms with E-state index < -0.39 is 47.4 Å². The van der Waals surface area contributed by atoms with Gasteiger partial charge in [0.15, 0.2) is 6.19 Å². The van der Waals surface area contributed by atoms with Crippen LogP contribution in [0.3, 0.4) is 0 Å². The highest BCUT2D eigenvalue weighted by Crippen LogP contribution is 2.45. The molecule has 1 aliphatic heterocycles. The van der Waals surface area contributed by atoms with Gasteiger partial charge in [-0.05, 0) is 61.4 Å². The Morgan fingerprint density at radius 3 is 2.42 bits per heavy atom. The number of hydrogen-bond donors (Lipinski definition) is 3. The van der Waals surface area contributed by atoms with Crippen molar-refractivity contribution < 1.29 is 32.3 Å². The van der Waals surface area contributed by atoms with E-state index in [1.807, 2.05) is 6.19 Å². The number of nitrogens with zero attached hydrogens (tertiary/aromatic N) is 4. The molecule has 3 aromatic carbocycles. The van der Waals surface area contributed by atoms with E-state index in [9.17, 15) is 37.5 Å². The fraction of sp³-hybridized carbons (Fsp3) is 0.250. The zero-order chi connectivity index (χ0) is 32.3. The summed E-state index contributed by atoms with van der Waals surface area (Å²) in [6, 6.07) is 15.8. The van der Waals surface area contributed by atoms with Crippen LogP contribution in [0.25, 0.3) is 5.69 Å². The maximum atomic E-state index is 14.3. The minimum Gasteiger partial charge on any atom is -0.396 e. The van der Waals surface area contributed by atoms with Crippen molar-refractivity contribution in [2.75, 3.05) is 18.1 Å². The molecule has 13 heteroatoms. The highest BCUT2D eigenvalue weighted by atomic mass is 19.4. The molecule has 0 radical (unpaired) electrons. The first kappa shape index (κ1) is 31.2. The van der Waals surface area contributed by atoms with Gasteiger partial charge in [-0.2, -0.15) is 23.5 Å². The molecule has 0 unspecified atom stereocenters. The largest absolute Gasteiger partial charge is 0.416 e. The predicted molar refractivity (Wildman–Crippen MR) is 156 cm³/mol. The SMILES string of the molecule is CCN1C(=O)[C@@H](NC(=O)c2cccc(C(F)(F)F)c2)[C@@H](c2ccc(F)cc2)c2c([C@@H](CCO)NC#N)nn(-c3ccccc3)c21. The van der Waals surface area contributed by atoms with E-state index in [2.05, 4.69) is 10.6 Å². The van der Waals surface area contributed by atoms with Crippen LogP contribution in [0.1, 0.15) is 58.0 Å². The molecule has 0 aliphatic carbocycles. The Labute approximate surface area is 255 Å². The van der Waals surface area contributed by atoms with Gasteiger partial charge < -0.3 is 15.7 Å². The van der Waals surface area contributed by atoms with E-state index in [1.165, 1.54) is 39.9 Å². The standard InChI is InChI=1S/C32H28F4N6O3/c1-2-41-30-26(27(24(15-16-43)38-18-37)40-42(30)23-9-4-3-5-10-23)25(19-11-13-22(33)14-12-19)28(31(41)45)39-29(44)20-7-6-8-21(17-20)32(34,35)36/h3-14,17,24-25,28,38,43H,2,15-16H2,1H3,(H,39,44)/t24-,25+,28+/m1/s1. The molecule has 1 aromatic heterocycles. The first-order valence-corrected chi connectivity index (χ1v) is 14.1. The maximum Gasteiger partial charge on any atom is 0.416 e. The number of aliphatic hydroxyl groups is 1. The summed E-state index contributed by atoms with van der Waals surface area (Å²) in [6.07, 6.45) is -2.75. The second-order valence-electron chi connectivity index (χ2n) is 10.3. The molecule has 2 amide bonds. The number of aliphatic hydroxyl groups excluding tert-OH is 1. The van der Waals surface area contributed by atoms with Gasteiger partial charge in [-0.1, -0.05) is 36.4 Å². The van der Waals surface area contributed by atoms with Crippen molar-refractivity contribution in [3.05, 3.63) is 113 Å². The molecule has 0 saturated heterocycles. The van der Waals surface area contributed by atoms with Crippen LogP contribution in [0, 0.1) is 17.3 Å². The zero-order valence-electron chi connectivity index (χ0n) is 23.9. The lowest BCUT2D eigenvalue weighted by molar-refractivity contribution is -0.137. The van der Waals surface area contributed by atoms with Crippen molar-refractivity contribution in [2.24, 2.45) is 0 Å². The number of fused-ring (bicyclic) bond motifs is 1. The molecular formula is C32H28F4N6O3. The van der Waals surface area contributed by atoms with Gasteiger partial charge in [0, 0.05) is 30.2 Å². The number of rotatable bonds is 9. The summed E-state index contributed by atoms with van der Waals surface area (Å²) in [4.78, 5) is 29.2. The molecule has 2 heterocycles. The molecule has 4 aromatic rings. The van der Waals surface area contributed by atoms with Gasteiger partial charge >= 0.3 is 6.18 Å². The van der Waals surface area contributed by atoms with Crippen molar-refractivity contribution in [2.45, 2.75) is 37.5 Å². The smallest absolute Gasteiger partial charge is 0.396 e. The maximum absolute atomic E-state index is 14.3. The number of alkyl halides is 3.